The molecule has 8 heteroatoms. The van der Waals surface area contributed by atoms with Gasteiger partial charge in [-0.2, -0.15) is 0 Å². The number of ether oxygens (including phenoxy) is 1. The van der Waals surface area contributed by atoms with Crippen LogP contribution in [0, 0.1) is 5.41 Å². The third-order valence-electron chi connectivity index (χ3n) is 3.82. The van der Waals surface area contributed by atoms with Gasteiger partial charge in [-0.3, -0.25) is 0 Å². The molecule has 1 fully saturated rings. The first-order valence-corrected chi connectivity index (χ1v) is 9.28. The highest BCUT2D eigenvalue weighted by molar-refractivity contribution is 14.0. The van der Waals surface area contributed by atoms with E-state index in [1.54, 1.807) is 11.3 Å². The Morgan fingerprint density at radius 1 is 1.52 bits per heavy atom. The molecule has 1 aliphatic rings. The van der Waals surface area contributed by atoms with Crippen molar-refractivity contribution in [3.8, 4) is 0 Å². The van der Waals surface area contributed by atoms with Crippen LogP contribution in [0.3, 0.4) is 0 Å². The number of hydrogen-bond acceptors (Lipinski definition) is 4. The maximum Gasteiger partial charge on any atom is 0.191 e. The summed E-state index contributed by atoms with van der Waals surface area (Å²) < 4.78 is 6.62. The van der Waals surface area contributed by atoms with E-state index in [1.165, 1.54) is 4.88 Å². The van der Waals surface area contributed by atoms with Gasteiger partial charge < -0.3 is 20.5 Å². The van der Waals surface area contributed by atoms with Gasteiger partial charge in [-0.15, -0.1) is 35.3 Å². The summed E-state index contributed by atoms with van der Waals surface area (Å²) in [5.41, 5.74) is 0.0247. The largest absolute Gasteiger partial charge is 0.396 e. The second kappa shape index (κ2) is 10.9. The first-order valence-electron chi connectivity index (χ1n) is 7.61. The Balaban J connectivity index is 0.00000264. The summed E-state index contributed by atoms with van der Waals surface area (Å²) in [4.78, 5) is 5.85. The Bertz CT molecular complexity index is 493. The zero-order valence-electron chi connectivity index (χ0n) is 13.3. The second-order valence-electron chi connectivity index (χ2n) is 5.56. The van der Waals surface area contributed by atoms with Crippen molar-refractivity contribution in [2.24, 2.45) is 10.4 Å². The molecule has 5 nitrogen and oxygen atoms in total. The van der Waals surface area contributed by atoms with Gasteiger partial charge in [0.2, 0.25) is 0 Å². The predicted molar refractivity (Wildman–Crippen MR) is 110 cm³/mol. The molecule has 23 heavy (non-hydrogen) atoms. The highest BCUT2D eigenvalue weighted by Gasteiger charge is 2.34. The molecule has 1 unspecified atom stereocenters. The lowest BCUT2D eigenvalue weighted by atomic mass is 9.84. The average molecular weight is 518 g/mol. The summed E-state index contributed by atoms with van der Waals surface area (Å²) in [5, 5.41) is 18.0. The number of aliphatic hydroxyl groups excluding tert-OH is 1. The van der Waals surface area contributed by atoms with E-state index in [0.717, 1.165) is 43.0 Å². The molecule has 2 rings (SSSR count). The smallest absolute Gasteiger partial charge is 0.191 e. The number of nitrogens with zero attached hydrogens (tertiary/aromatic N) is 1. The highest BCUT2D eigenvalue weighted by atomic mass is 127. The van der Waals surface area contributed by atoms with E-state index in [4.69, 9.17) is 4.74 Å². The monoisotopic (exact) mass is 517 g/mol. The molecule has 3 N–H and O–H groups in total. The molecule has 1 aliphatic heterocycles. The molecular weight excluding hydrogens is 493 g/mol. The predicted octanol–water partition coefficient (Wildman–Crippen LogP) is 2.97. The first-order chi connectivity index (χ1) is 10.7. The molecular formula is C15H25BrIN3O2S. The molecule has 0 radical (unpaired) electrons. The third kappa shape index (κ3) is 6.85. The molecule has 1 aromatic rings. The number of aliphatic imine (C=N–C) groups is 1. The molecule has 132 valence electrons. The van der Waals surface area contributed by atoms with E-state index in [2.05, 4.69) is 49.9 Å². The zero-order valence-corrected chi connectivity index (χ0v) is 18.0. The van der Waals surface area contributed by atoms with Crippen molar-refractivity contribution in [3.63, 3.8) is 0 Å². The van der Waals surface area contributed by atoms with Gasteiger partial charge in [-0.1, -0.05) is 0 Å². The van der Waals surface area contributed by atoms with Crippen molar-refractivity contribution in [1.29, 1.82) is 0 Å². The van der Waals surface area contributed by atoms with Crippen molar-refractivity contribution in [2.75, 3.05) is 32.9 Å². The normalized spacial score (nSPS) is 21.1. The molecule has 0 saturated carbocycles. The third-order valence-corrected chi connectivity index (χ3v) is 5.50. The summed E-state index contributed by atoms with van der Waals surface area (Å²) >= 11 is 5.16. The van der Waals surface area contributed by atoms with Gasteiger partial charge in [-0.25, -0.2) is 4.99 Å². The van der Waals surface area contributed by atoms with Crippen LogP contribution in [0.5, 0.6) is 0 Å². The number of hydrogen-bond donors (Lipinski definition) is 3. The Labute approximate surface area is 167 Å². The summed E-state index contributed by atoms with van der Waals surface area (Å²) in [6, 6.07) is 2.09. The van der Waals surface area contributed by atoms with Crippen molar-refractivity contribution in [2.45, 2.75) is 26.3 Å². The number of nitrogens with one attached hydrogen (secondary N) is 2. The highest BCUT2D eigenvalue weighted by Crippen LogP contribution is 2.31. The van der Waals surface area contributed by atoms with E-state index >= 15 is 0 Å². The second-order valence-corrected chi connectivity index (χ2v) is 7.47. The molecule has 1 saturated heterocycles. The minimum absolute atomic E-state index is 0. The van der Waals surface area contributed by atoms with Crippen LogP contribution >= 0.6 is 51.2 Å². The van der Waals surface area contributed by atoms with Crippen LogP contribution < -0.4 is 10.6 Å². The Kier molecular flexibility index (Phi) is 9.98. The summed E-state index contributed by atoms with van der Waals surface area (Å²) in [5.74, 6) is 0.816. The molecule has 0 aromatic carbocycles. The number of halogens is 2. The van der Waals surface area contributed by atoms with E-state index < -0.39 is 0 Å². The van der Waals surface area contributed by atoms with Gasteiger partial charge in [0, 0.05) is 46.4 Å². The SMILES string of the molecule is CCNC(=NCc1cc(Br)cs1)NCC1(CCO)CCOC1.I. The first kappa shape index (κ1) is 21.1. The lowest BCUT2D eigenvalue weighted by molar-refractivity contribution is 0.127. The Hall–Kier alpha value is 0.1000. The minimum atomic E-state index is 0. The van der Waals surface area contributed by atoms with Crippen LogP contribution in [0.15, 0.2) is 20.9 Å². The van der Waals surface area contributed by atoms with Gasteiger partial charge in [0.15, 0.2) is 5.96 Å². The molecule has 1 aromatic heterocycles. The topological polar surface area (TPSA) is 65.9 Å². The van der Waals surface area contributed by atoms with Crippen LogP contribution in [0.25, 0.3) is 0 Å². The lowest BCUT2D eigenvalue weighted by Gasteiger charge is -2.27. The van der Waals surface area contributed by atoms with Crippen LogP contribution in [0.2, 0.25) is 0 Å². The molecule has 0 aliphatic carbocycles. The number of guanidine groups is 1. The average Bonchev–Trinajstić information content (AvgIpc) is 3.12. The van der Waals surface area contributed by atoms with Gasteiger partial charge in [-0.05, 0) is 41.8 Å². The Morgan fingerprint density at radius 3 is 2.91 bits per heavy atom. The van der Waals surface area contributed by atoms with Crippen LogP contribution in [0.4, 0.5) is 0 Å². The van der Waals surface area contributed by atoms with Crippen LogP contribution in [-0.2, 0) is 11.3 Å². The van der Waals surface area contributed by atoms with Crippen LogP contribution in [0.1, 0.15) is 24.6 Å². The quantitative estimate of drug-likeness (QED) is 0.295. The van der Waals surface area contributed by atoms with E-state index in [1.807, 2.05) is 0 Å². The molecule has 0 spiro atoms. The fourth-order valence-corrected chi connectivity index (χ4v) is 3.89. The number of thiophene rings is 1. The fourth-order valence-electron chi connectivity index (χ4n) is 2.52. The number of aliphatic hydroxyl groups is 1. The lowest BCUT2D eigenvalue weighted by Crippen LogP contribution is -2.44. The van der Waals surface area contributed by atoms with Gasteiger partial charge in [0.1, 0.15) is 0 Å². The standard InChI is InChI=1S/C15H24BrN3O2S.HI/c1-2-17-14(18-8-13-7-12(16)9-22-13)19-10-15(3-5-20)4-6-21-11-15;/h7,9,20H,2-6,8,10-11H2,1H3,(H2,17,18,19);1H. The summed E-state index contributed by atoms with van der Waals surface area (Å²) in [7, 11) is 0. The Morgan fingerprint density at radius 2 is 2.35 bits per heavy atom. The van der Waals surface area contributed by atoms with E-state index in [-0.39, 0.29) is 36.0 Å². The molecule has 0 amide bonds. The van der Waals surface area contributed by atoms with Crippen molar-refractivity contribution >= 4 is 57.2 Å². The van der Waals surface area contributed by atoms with E-state index in [0.29, 0.717) is 13.2 Å². The van der Waals surface area contributed by atoms with Gasteiger partial charge in [0.05, 0.1) is 13.2 Å². The molecule has 0 bridgehead atoms. The van der Waals surface area contributed by atoms with Crippen molar-refractivity contribution < 1.29 is 9.84 Å². The number of rotatable bonds is 7. The minimum Gasteiger partial charge on any atom is -0.396 e. The zero-order chi connectivity index (χ0) is 15.8. The molecule has 2 heterocycles. The maximum absolute atomic E-state index is 9.28. The van der Waals surface area contributed by atoms with Gasteiger partial charge in [0.25, 0.3) is 0 Å². The maximum atomic E-state index is 9.28. The van der Waals surface area contributed by atoms with Crippen LogP contribution in [-0.4, -0.2) is 44.0 Å². The fraction of sp³-hybridized carbons (Fsp3) is 0.667. The summed E-state index contributed by atoms with van der Waals surface area (Å²) in [6.45, 7) is 5.99. The van der Waals surface area contributed by atoms with Crippen molar-refractivity contribution in [3.05, 3.63) is 20.8 Å². The molecule has 1 atom stereocenters. The van der Waals surface area contributed by atoms with Crippen molar-refractivity contribution in [1.82, 2.24) is 10.6 Å². The van der Waals surface area contributed by atoms with E-state index in [9.17, 15) is 5.11 Å². The summed E-state index contributed by atoms with van der Waals surface area (Å²) in [6.07, 6.45) is 1.75. The van der Waals surface area contributed by atoms with Gasteiger partial charge >= 0.3 is 0 Å².